The minimum atomic E-state index is -0.258. The Hall–Kier alpha value is -1.81. The fraction of sp³-hybridized carbons (Fsp3) is 0.316. The Balaban J connectivity index is 1.77. The Kier molecular flexibility index (Phi) is 4.71. The van der Waals surface area contributed by atoms with Crippen molar-refractivity contribution in [3.63, 3.8) is 0 Å². The summed E-state index contributed by atoms with van der Waals surface area (Å²) in [6.45, 7) is 4.25. The summed E-state index contributed by atoms with van der Waals surface area (Å²) in [4.78, 5) is 13.5. The lowest BCUT2D eigenvalue weighted by molar-refractivity contribution is 0.0935. The van der Waals surface area contributed by atoms with Crippen LogP contribution in [0.5, 0.6) is 0 Å². The minimum Gasteiger partial charge on any atom is -0.345 e. The van der Waals surface area contributed by atoms with E-state index in [1.54, 1.807) is 17.8 Å². The SMILES string of the molecule is CC(C)c1ccc(C(=O)NC2CCSc3ccc(F)cc32)cc1. The number of carbonyl (C=O) groups excluding carboxylic acids is 1. The number of nitrogens with one attached hydrogen (secondary N) is 1. The Morgan fingerprint density at radius 2 is 1.96 bits per heavy atom. The van der Waals surface area contributed by atoms with Gasteiger partial charge in [-0.3, -0.25) is 4.79 Å². The number of halogens is 1. The van der Waals surface area contributed by atoms with Crippen molar-refractivity contribution < 1.29 is 9.18 Å². The van der Waals surface area contributed by atoms with Crippen LogP contribution < -0.4 is 5.32 Å². The van der Waals surface area contributed by atoms with Crippen LogP contribution in [0.4, 0.5) is 4.39 Å². The summed E-state index contributed by atoms with van der Waals surface area (Å²) in [7, 11) is 0. The molecule has 3 rings (SSSR count). The van der Waals surface area contributed by atoms with E-state index in [0.29, 0.717) is 11.5 Å². The molecule has 0 aliphatic carbocycles. The van der Waals surface area contributed by atoms with Crippen molar-refractivity contribution in [1.82, 2.24) is 5.32 Å². The zero-order chi connectivity index (χ0) is 16.4. The molecule has 1 heterocycles. The van der Waals surface area contributed by atoms with Crippen LogP contribution in [0.1, 0.15) is 53.7 Å². The first-order chi connectivity index (χ1) is 11.0. The predicted octanol–water partition coefficient (Wildman–Crippen LogP) is 4.92. The molecule has 1 atom stereocenters. The van der Waals surface area contributed by atoms with E-state index in [4.69, 9.17) is 0 Å². The summed E-state index contributed by atoms with van der Waals surface area (Å²) in [5.41, 5.74) is 2.74. The molecule has 1 unspecified atom stereocenters. The molecule has 2 aromatic rings. The molecule has 2 nitrogen and oxygen atoms in total. The van der Waals surface area contributed by atoms with Gasteiger partial charge in [-0.05, 0) is 53.8 Å². The van der Waals surface area contributed by atoms with Crippen molar-refractivity contribution in [3.05, 3.63) is 65.0 Å². The number of fused-ring (bicyclic) bond motifs is 1. The van der Waals surface area contributed by atoms with Crippen LogP contribution in [0.15, 0.2) is 47.4 Å². The third kappa shape index (κ3) is 3.58. The van der Waals surface area contributed by atoms with Crippen molar-refractivity contribution in [2.45, 2.75) is 37.1 Å². The zero-order valence-corrected chi connectivity index (χ0v) is 14.1. The van der Waals surface area contributed by atoms with Gasteiger partial charge in [0.05, 0.1) is 6.04 Å². The number of rotatable bonds is 3. The van der Waals surface area contributed by atoms with Gasteiger partial charge < -0.3 is 5.32 Å². The number of amides is 1. The Labute approximate surface area is 140 Å². The van der Waals surface area contributed by atoms with Crippen molar-refractivity contribution in [3.8, 4) is 0 Å². The summed E-state index contributed by atoms with van der Waals surface area (Å²) in [5.74, 6) is 1.01. The maximum absolute atomic E-state index is 13.5. The van der Waals surface area contributed by atoms with Crippen molar-refractivity contribution in [2.24, 2.45) is 0 Å². The zero-order valence-electron chi connectivity index (χ0n) is 13.3. The molecule has 0 saturated heterocycles. The number of thioether (sulfide) groups is 1. The first kappa shape index (κ1) is 16.1. The van der Waals surface area contributed by atoms with Crippen LogP contribution in [0.25, 0.3) is 0 Å². The molecule has 23 heavy (non-hydrogen) atoms. The standard InChI is InChI=1S/C19H20FNOS/c1-12(2)13-3-5-14(6-4-13)19(22)21-17-9-10-23-18-8-7-15(20)11-16(17)18/h3-8,11-12,17H,9-10H2,1-2H3,(H,21,22). The second kappa shape index (κ2) is 6.75. The number of carbonyl (C=O) groups is 1. The van der Waals surface area contributed by atoms with E-state index >= 15 is 0 Å². The van der Waals surface area contributed by atoms with Crippen LogP contribution in [0.3, 0.4) is 0 Å². The average molecular weight is 329 g/mol. The number of hydrogen-bond acceptors (Lipinski definition) is 2. The van der Waals surface area contributed by atoms with Crippen LogP contribution in [-0.2, 0) is 0 Å². The summed E-state index contributed by atoms with van der Waals surface area (Å²) in [5, 5.41) is 3.05. The van der Waals surface area contributed by atoms with Gasteiger partial charge in [-0.15, -0.1) is 11.8 Å². The normalized spacial score (nSPS) is 17.0. The Morgan fingerprint density at radius 3 is 2.65 bits per heavy atom. The van der Waals surface area contributed by atoms with E-state index in [1.807, 2.05) is 24.3 Å². The molecular formula is C19H20FNOS. The molecule has 0 spiro atoms. The highest BCUT2D eigenvalue weighted by atomic mass is 32.2. The van der Waals surface area contributed by atoms with Crippen LogP contribution in [0.2, 0.25) is 0 Å². The molecule has 1 aliphatic rings. The maximum Gasteiger partial charge on any atom is 0.251 e. The third-order valence-corrected chi connectivity index (χ3v) is 5.28. The monoisotopic (exact) mass is 329 g/mol. The van der Waals surface area contributed by atoms with Gasteiger partial charge in [0.25, 0.3) is 5.91 Å². The molecule has 0 saturated carbocycles. The highest BCUT2D eigenvalue weighted by Gasteiger charge is 2.23. The van der Waals surface area contributed by atoms with E-state index in [-0.39, 0.29) is 17.8 Å². The lowest BCUT2D eigenvalue weighted by atomic mass is 10.0. The van der Waals surface area contributed by atoms with E-state index in [9.17, 15) is 9.18 Å². The first-order valence-electron chi connectivity index (χ1n) is 7.87. The molecule has 120 valence electrons. The maximum atomic E-state index is 13.5. The summed E-state index contributed by atoms with van der Waals surface area (Å²) in [6.07, 6.45) is 0.816. The molecule has 0 radical (unpaired) electrons. The first-order valence-corrected chi connectivity index (χ1v) is 8.86. The molecule has 0 fully saturated rings. The highest BCUT2D eigenvalue weighted by molar-refractivity contribution is 7.99. The average Bonchev–Trinajstić information content (AvgIpc) is 2.55. The fourth-order valence-electron chi connectivity index (χ4n) is 2.78. The smallest absolute Gasteiger partial charge is 0.251 e. The molecule has 1 aliphatic heterocycles. The third-order valence-electron chi connectivity index (χ3n) is 4.16. The van der Waals surface area contributed by atoms with Gasteiger partial charge in [-0.1, -0.05) is 26.0 Å². The van der Waals surface area contributed by atoms with Gasteiger partial charge in [0, 0.05) is 16.2 Å². The summed E-state index contributed by atoms with van der Waals surface area (Å²) < 4.78 is 13.5. The summed E-state index contributed by atoms with van der Waals surface area (Å²) in [6, 6.07) is 12.4. The van der Waals surface area contributed by atoms with E-state index in [0.717, 1.165) is 22.6 Å². The van der Waals surface area contributed by atoms with Crippen LogP contribution in [0, 0.1) is 5.82 Å². The van der Waals surface area contributed by atoms with Gasteiger partial charge in [0.1, 0.15) is 5.82 Å². The van der Waals surface area contributed by atoms with Crippen molar-refractivity contribution in [2.75, 3.05) is 5.75 Å². The van der Waals surface area contributed by atoms with Gasteiger partial charge in [-0.2, -0.15) is 0 Å². The van der Waals surface area contributed by atoms with Crippen molar-refractivity contribution >= 4 is 17.7 Å². The molecule has 2 aromatic carbocycles. The largest absolute Gasteiger partial charge is 0.345 e. The lowest BCUT2D eigenvalue weighted by Crippen LogP contribution is -2.30. The van der Waals surface area contributed by atoms with Gasteiger partial charge in [0.15, 0.2) is 0 Å². The number of hydrogen-bond donors (Lipinski definition) is 1. The van der Waals surface area contributed by atoms with Gasteiger partial charge in [0.2, 0.25) is 0 Å². The molecule has 0 aromatic heterocycles. The topological polar surface area (TPSA) is 29.1 Å². The highest BCUT2D eigenvalue weighted by Crippen LogP contribution is 2.36. The van der Waals surface area contributed by atoms with E-state index < -0.39 is 0 Å². The van der Waals surface area contributed by atoms with E-state index in [1.165, 1.54) is 17.7 Å². The fourth-order valence-corrected chi connectivity index (χ4v) is 3.88. The predicted molar refractivity (Wildman–Crippen MR) is 92.5 cm³/mol. The molecule has 0 bridgehead atoms. The minimum absolute atomic E-state index is 0.104. The summed E-state index contributed by atoms with van der Waals surface area (Å²) >= 11 is 1.71. The lowest BCUT2D eigenvalue weighted by Gasteiger charge is -2.26. The molecule has 1 amide bonds. The van der Waals surface area contributed by atoms with Crippen LogP contribution >= 0.6 is 11.8 Å². The van der Waals surface area contributed by atoms with Gasteiger partial charge in [-0.25, -0.2) is 4.39 Å². The van der Waals surface area contributed by atoms with Crippen LogP contribution in [-0.4, -0.2) is 11.7 Å². The molecule has 4 heteroatoms. The Morgan fingerprint density at radius 1 is 1.22 bits per heavy atom. The second-order valence-electron chi connectivity index (χ2n) is 6.12. The molecular weight excluding hydrogens is 309 g/mol. The molecule has 1 N–H and O–H groups in total. The van der Waals surface area contributed by atoms with E-state index in [2.05, 4.69) is 19.2 Å². The Bertz CT molecular complexity index is 712. The van der Waals surface area contributed by atoms with Gasteiger partial charge >= 0.3 is 0 Å². The second-order valence-corrected chi connectivity index (χ2v) is 7.26. The quantitative estimate of drug-likeness (QED) is 0.866. The van der Waals surface area contributed by atoms with Crippen molar-refractivity contribution in [1.29, 1.82) is 0 Å². The number of benzene rings is 2.